The highest BCUT2D eigenvalue weighted by Crippen LogP contribution is 2.15. The van der Waals surface area contributed by atoms with E-state index in [9.17, 15) is 4.79 Å². The average molecular weight is 270 g/mol. The van der Waals surface area contributed by atoms with Crippen molar-refractivity contribution < 1.29 is 9.53 Å². The normalized spacial score (nSPS) is 18.5. The molecule has 0 aromatic rings. The van der Waals surface area contributed by atoms with Crippen molar-refractivity contribution in [3.05, 3.63) is 0 Å². The van der Waals surface area contributed by atoms with E-state index in [0.29, 0.717) is 25.5 Å². The van der Waals surface area contributed by atoms with Crippen molar-refractivity contribution >= 4 is 5.97 Å². The number of rotatable bonds is 8. The Morgan fingerprint density at radius 1 is 1.26 bits per heavy atom. The van der Waals surface area contributed by atoms with Crippen molar-refractivity contribution in [2.75, 3.05) is 32.8 Å². The molecule has 0 spiro atoms. The van der Waals surface area contributed by atoms with E-state index in [0.717, 1.165) is 26.1 Å². The summed E-state index contributed by atoms with van der Waals surface area (Å²) in [7, 11) is 0. The number of nitrogens with zero attached hydrogens (tertiary/aromatic N) is 1. The highest BCUT2D eigenvalue weighted by Gasteiger charge is 2.16. The minimum atomic E-state index is -0.0897. The molecule has 1 heterocycles. The summed E-state index contributed by atoms with van der Waals surface area (Å²) in [6.45, 7) is 8.59. The molecule has 19 heavy (non-hydrogen) atoms. The van der Waals surface area contributed by atoms with Crippen molar-refractivity contribution in [3.63, 3.8) is 0 Å². The van der Waals surface area contributed by atoms with Crippen LogP contribution in [0.1, 0.15) is 46.0 Å². The molecular formula is C15H30N2O2. The van der Waals surface area contributed by atoms with Crippen molar-refractivity contribution in [2.24, 2.45) is 17.6 Å². The molecule has 0 aromatic heterocycles. The Balaban J connectivity index is 2.12. The van der Waals surface area contributed by atoms with Crippen molar-refractivity contribution in [1.82, 2.24) is 4.90 Å². The number of carbonyl (C=O) groups excluding carboxylic acids is 1. The zero-order valence-corrected chi connectivity index (χ0v) is 12.6. The van der Waals surface area contributed by atoms with E-state index in [4.69, 9.17) is 10.5 Å². The third-order valence-corrected chi connectivity index (χ3v) is 3.71. The van der Waals surface area contributed by atoms with E-state index in [-0.39, 0.29) is 11.9 Å². The molecule has 0 aliphatic carbocycles. The monoisotopic (exact) mass is 270 g/mol. The van der Waals surface area contributed by atoms with Crippen LogP contribution in [0.5, 0.6) is 0 Å². The fraction of sp³-hybridized carbons (Fsp3) is 0.933. The zero-order valence-electron chi connectivity index (χ0n) is 12.6. The topological polar surface area (TPSA) is 55.6 Å². The number of hydrogen-bond donors (Lipinski definition) is 1. The standard InChI is InChI=1S/C15H30N2O2/c1-13(2)10-14(12-16)11-15(18)19-9-8-17-6-4-3-5-7-17/h13-14H,3-12,16H2,1-2H3/t14-/m0/s1. The Morgan fingerprint density at radius 2 is 1.95 bits per heavy atom. The molecule has 1 aliphatic heterocycles. The molecule has 0 saturated carbocycles. The Kier molecular flexibility index (Phi) is 8.07. The molecule has 0 unspecified atom stereocenters. The van der Waals surface area contributed by atoms with Gasteiger partial charge in [-0.15, -0.1) is 0 Å². The number of carbonyl (C=O) groups is 1. The summed E-state index contributed by atoms with van der Waals surface area (Å²) in [5.74, 6) is 0.755. The van der Waals surface area contributed by atoms with E-state index >= 15 is 0 Å². The lowest BCUT2D eigenvalue weighted by molar-refractivity contribution is -0.145. The van der Waals surface area contributed by atoms with Gasteiger partial charge in [0.1, 0.15) is 6.61 Å². The smallest absolute Gasteiger partial charge is 0.306 e. The maximum atomic E-state index is 11.7. The summed E-state index contributed by atoms with van der Waals surface area (Å²) >= 11 is 0. The molecule has 0 bridgehead atoms. The van der Waals surface area contributed by atoms with Gasteiger partial charge < -0.3 is 10.5 Å². The molecule has 1 rings (SSSR count). The van der Waals surface area contributed by atoms with E-state index in [2.05, 4.69) is 18.7 Å². The number of esters is 1. The molecule has 1 fully saturated rings. The van der Waals surface area contributed by atoms with Crippen LogP contribution in [0.25, 0.3) is 0 Å². The van der Waals surface area contributed by atoms with E-state index in [1.165, 1.54) is 19.3 Å². The zero-order chi connectivity index (χ0) is 14.1. The first-order chi connectivity index (χ1) is 9.11. The van der Waals surface area contributed by atoms with Crippen molar-refractivity contribution in [3.8, 4) is 0 Å². The Morgan fingerprint density at radius 3 is 2.53 bits per heavy atom. The van der Waals surface area contributed by atoms with Crippen LogP contribution in [0.4, 0.5) is 0 Å². The highest BCUT2D eigenvalue weighted by atomic mass is 16.5. The second kappa shape index (κ2) is 9.32. The maximum absolute atomic E-state index is 11.7. The number of ether oxygens (including phenoxy) is 1. The van der Waals surface area contributed by atoms with Gasteiger partial charge in [-0.05, 0) is 50.7 Å². The average Bonchev–Trinajstić information content (AvgIpc) is 2.38. The van der Waals surface area contributed by atoms with Gasteiger partial charge in [0.05, 0.1) is 0 Å². The fourth-order valence-corrected chi connectivity index (χ4v) is 2.70. The molecule has 112 valence electrons. The first-order valence-corrected chi connectivity index (χ1v) is 7.70. The summed E-state index contributed by atoms with van der Waals surface area (Å²) < 4.78 is 5.32. The van der Waals surface area contributed by atoms with Crippen LogP contribution in [0.2, 0.25) is 0 Å². The number of hydrogen-bond acceptors (Lipinski definition) is 4. The summed E-state index contributed by atoms with van der Waals surface area (Å²) in [6.07, 6.45) is 5.35. The summed E-state index contributed by atoms with van der Waals surface area (Å²) in [4.78, 5) is 14.1. The van der Waals surface area contributed by atoms with Gasteiger partial charge in [-0.1, -0.05) is 20.3 Å². The van der Waals surface area contributed by atoms with Crippen LogP contribution < -0.4 is 5.73 Å². The molecule has 4 heteroatoms. The summed E-state index contributed by atoms with van der Waals surface area (Å²) in [5.41, 5.74) is 5.70. The number of likely N-dealkylation sites (tertiary alicyclic amines) is 1. The van der Waals surface area contributed by atoms with E-state index in [1.807, 2.05) is 0 Å². The Labute approximate surface area is 117 Å². The lowest BCUT2D eigenvalue weighted by Gasteiger charge is -2.26. The maximum Gasteiger partial charge on any atom is 0.306 e. The molecule has 0 amide bonds. The van der Waals surface area contributed by atoms with Crippen molar-refractivity contribution in [2.45, 2.75) is 46.0 Å². The molecule has 1 aliphatic rings. The van der Waals surface area contributed by atoms with Crippen LogP contribution in [-0.2, 0) is 9.53 Å². The van der Waals surface area contributed by atoms with Gasteiger partial charge in [0.15, 0.2) is 0 Å². The molecular weight excluding hydrogens is 240 g/mol. The number of nitrogens with two attached hydrogens (primary N) is 1. The molecule has 1 saturated heterocycles. The summed E-state index contributed by atoms with van der Waals surface area (Å²) in [6, 6.07) is 0. The van der Waals surface area contributed by atoms with Gasteiger partial charge >= 0.3 is 5.97 Å². The quantitative estimate of drug-likeness (QED) is 0.686. The molecule has 4 nitrogen and oxygen atoms in total. The molecule has 2 N–H and O–H groups in total. The lowest BCUT2D eigenvalue weighted by atomic mass is 9.94. The Bertz CT molecular complexity index is 251. The molecule has 0 aromatic carbocycles. The van der Waals surface area contributed by atoms with Crippen LogP contribution >= 0.6 is 0 Å². The van der Waals surface area contributed by atoms with Crippen LogP contribution in [0.3, 0.4) is 0 Å². The second-order valence-corrected chi connectivity index (χ2v) is 6.06. The third-order valence-electron chi connectivity index (χ3n) is 3.71. The third kappa shape index (κ3) is 7.53. The minimum Gasteiger partial charge on any atom is -0.464 e. The van der Waals surface area contributed by atoms with Gasteiger partial charge in [-0.3, -0.25) is 9.69 Å². The molecule has 1 atom stereocenters. The van der Waals surface area contributed by atoms with Gasteiger partial charge in [0.25, 0.3) is 0 Å². The van der Waals surface area contributed by atoms with Crippen molar-refractivity contribution in [1.29, 1.82) is 0 Å². The van der Waals surface area contributed by atoms with E-state index < -0.39 is 0 Å². The van der Waals surface area contributed by atoms with Gasteiger partial charge in [-0.2, -0.15) is 0 Å². The molecule has 0 radical (unpaired) electrons. The van der Waals surface area contributed by atoms with Crippen LogP contribution in [-0.4, -0.2) is 43.7 Å². The second-order valence-electron chi connectivity index (χ2n) is 6.06. The van der Waals surface area contributed by atoms with Gasteiger partial charge in [0.2, 0.25) is 0 Å². The van der Waals surface area contributed by atoms with E-state index in [1.54, 1.807) is 0 Å². The van der Waals surface area contributed by atoms with Crippen LogP contribution in [0, 0.1) is 11.8 Å². The summed E-state index contributed by atoms with van der Waals surface area (Å²) in [5, 5.41) is 0. The first-order valence-electron chi connectivity index (χ1n) is 7.70. The number of piperidine rings is 1. The predicted octanol–water partition coefficient (Wildman–Crippen LogP) is 2.03. The Hall–Kier alpha value is -0.610. The van der Waals surface area contributed by atoms with Gasteiger partial charge in [-0.25, -0.2) is 0 Å². The highest BCUT2D eigenvalue weighted by molar-refractivity contribution is 5.69. The SMILES string of the molecule is CC(C)C[C@H](CN)CC(=O)OCCN1CCCCC1. The lowest BCUT2D eigenvalue weighted by Crippen LogP contribution is -2.33. The van der Waals surface area contributed by atoms with Crippen LogP contribution in [0.15, 0.2) is 0 Å². The fourth-order valence-electron chi connectivity index (χ4n) is 2.70. The predicted molar refractivity (Wildman–Crippen MR) is 77.9 cm³/mol. The minimum absolute atomic E-state index is 0.0897. The first kappa shape index (κ1) is 16.4. The van der Waals surface area contributed by atoms with Gasteiger partial charge in [0, 0.05) is 13.0 Å². The largest absolute Gasteiger partial charge is 0.464 e.